The third kappa shape index (κ3) is 50.9. The maximum Gasteiger partial charge on any atom is 2.00 e. The maximum atomic E-state index is 11.9. The molecule has 0 aliphatic carbocycles. The van der Waals surface area contributed by atoms with E-state index in [0.717, 1.165) is 72.9 Å². The van der Waals surface area contributed by atoms with Gasteiger partial charge in [0.25, 0.3) is 0 Å². The Kier molecular flexibility index (Phi) is 63.5. The van der Waals surface area contributed by atoms with E-state index in [1.807, 2.05) is 12.1 Å². The second-order valence-corrected chi connectivity index (χ2v) is 34.1. The van der Waals surface area contributed by atoms with Crippen LogP contribution in [0, 0.1) is 0 Å². The van der Waals surface area contributed by atoms with E-state index in [2.05, 4.69) is 52.0 Å². The number of unbranched alkanes of at least 4 members (excludes halogenated alkanes) is 60. The SMILES string of the molecule is CCCCCCCCCCCCCCCCCCc1ccc(CCCCCCCCCCCCCCCCCC)c2cc(S(=O)(=O)[O-])ccc12.CCCCCCCCCCCCCCCCCCc1ccc(CCCCCCCCCCCCCCCCCC)c2cc(S(=O)(=O)[O-])ccc12.[Ba+2]. The molecule has 0 atom stereocenters. The fourth-order valence-corrected chi connectivity index (χ4v) is 16.5. The summed E-state index contributed by atoms with van der Waals surface area (Å²) in [5, 5.41) is 4.20. The van der Waals surface area contributed by atoms with Crippen molar-refractivity contribution in [1.82, 2.24) is 0 Å². The molecular formula is C92H158BaO6S2. The molecule has 0 fully saturated rings. The maximum absolute atomic E-state index is 11.9. The first-order valence-electron chi connectivity index (χ1n) is 43.9. The molecule has 0 saturated heterocycles. The molecule has 9 heteroatoms. The zero-order valence-electron chi connectivity index (χ0n) is 66.8. The predicted molar refractivity (Wildman–Crippen MR) is 443 cm³/mol. The van der Waals surface area contributed by atoms with Gasteiger partial charge in [0.1, 0.15) is 20.2 Å². The Morgan fingerprint density at radius 2 is 0.337 bits per heavy atom. The zero-order chi connectivity index (χ0) is 71.9. The van der Waals surface area contributed by atoms with Gasteiger partial charge in [0.15, 0.2) is 0 Å². The van der Waals surface area contributed by atoms with E-state index in [1.54, 1.807) is 12.1 Å². The van der Waals surface area contributed by atoms with Gasteiger partial charge in [0, 0.05) is 0 Å². The molecule has 576 valence electrons. The number of hydrogen-bond acceptors (Lipinski definition) is 6. The Bertz CT molecular complexity index is 2570. The summed E-state index contributed by atoms with van der Waals surface area (Å²) in [6.07, 6.45) is 91.1. The van der Waals surface area contributed by atoms with Crippen molar-refractivity contribution in [2.75, 3.05) is 0 Å². The average Bonchev–Trinajstić information content (AvgIpc) is 0.794. The number of fused-ring (bicyclic) bond motifs is 2. The molecule has 4 aromatic rings. The number of hydrogen-bond donors (Lipinski definition) is 0. The molecule has 0 amide bonds. The summed E-state index contributed by atoms with van der Waals surface area (Å²) in [5.74, 6) is 0. The first kappa shape index (κ1) is 95.9. The van der Waals surface area contributed by atoms with Crippen molar-refractivity contribution < 1.29 is 25.9 Å². The minimum Gasteiger partial charge on any atom is -0.744 e. The molecule has 0 spiro atoms. The minimum absolute atomic E-state index is 0. The summed E-state index contributed by atoms with van der Waals surface area (Å²) in [4.78, 5) is -0.199. The third-order valence-electron chi connectivity index (χ3n) is 22.1. The molecule has 0 aliphatic rings. The van der Waals surface area contributed by atoms with E-state index in [0.29, 0.717) is 0 Å². The smallest absolute Gasteiger partial charge is 0.744 e. The molecule has 0 N–H and O–H groups in total. The van der Waals surface area contributed by atoms with E-state index >= 15 is 0 Å². The first-order valence-corrected chi connectivity index (χ1v) is 46.8. The van der Waals surface area contributed by atoms with Crippen molar-refractivity contribution in [3.8, 4) is 0 Å². The van der Waals surface area contributed by atoms with E-state index in [1.165, 1.54) is 420 Å². The van der Waals surface area contributed by atoms with Gasteiger partial charge in [0.2, 0.25) is 0 Å². The van der Waals surface area contributed by atoms with Crippen molar-refractivity contribution in [3.05, 3.63) is 82.9 Å². The minimum atomic E-state index is -4.47. The number of benzene rings is 4. The summed E-state index contributed by atoms with van der Waals surface area (Å²) < 4.78 is 71.2. The Labute approximate surface area is 667 Å². The van der Waals surface area contributed by atoms with Crippen molar-refractivity contribution in [2.24, 2.45) is 0 Å². The van der Waals surface area contributed by atoms with Crippen LogP contribution in [0.4, 0.5) is 0 Å². The van der Waals surface area contributed by atoms with Crippen molar-refractivity contribution >= 4 is 90.7 Å². The van der Waals surface area contributed by atoms with Crippen LogP contribution in [0.25, 0.3) is 21.5 Å². The molecule has 101 heavy (non-hydrogen) atoms. The fourth-order valence-electron chi connectivity index (χ4n) is 15.5. The van der Waals surface area contributed by atoms with Gasteiger partial charge < -0.3 is 9.11 Å². The standard InChI is InChI=1S/2C46H80O3S.Ba/c2*1-3-5-7-9-11-13-15-17-19-21-23-25-27-29-31-33-35-42-37-38-43(46-41-44(50(47,48)49)39-40-45(42)46)36-34-32-30-28-26-24-22-20-18-16-14-12-10-8-6-4-2;/h2*37-41H,3-36H2,1-2H3,(H,47,48,49);/q;;+2/p-2. The van der Waals surface area contributed by atoms with Crippen molar-refractivity contribution in [2.45, 2.75) is 474 Å². The molecule has 6 nitrogen and oxygen atoms in total. The molecule has 0 heterocycles. The van der Waals surface area contributed by atoms with Crippen LogP contribution in [0.15, 0.2) is 70.5 Å². The molecule has 0 unspecified atom stereocenters. The van der Waals surface area contributed by atoms with Gasteiger partial charge in [-0.05, 0) is 119 Å². The first-order chi connectivity index (χ1) is 48.9. The second-order valence-electron chi connectivity index (χ2n) is 31.3. The summed E-state index contributed by atoms with van der Waals surface area (Å²) >= 11 is 0. The molecule has 0 radical (unpaired) electrons. The van der Waals surface area contributed by atoms with Crippen LogP contribution >= 0.6 is 0 Å². The van der Waals surface area contributed by atoms with Crippen LogP contribution in [0.5, 0.6) is 0 Å². The molecule has 4 rings (SSSR count). The van der Waals surface area contributed by atoms with Crippen molar-refractivity contribution in [1.29, 1.82) is 0 Å². The quantitative estimate of drug-likeness (QED) is 0.0247. The largest absolute Gasteiger partial charge is 2.00 e. The summed E-state index contributed by atoms with van der Waals surface area (Å²) in [6.45, 7) is 9.14. The zero-order valence-corrected chi connectivity index (χ0v) is 72.9. The van der Waals surface area contributed by atoms with E-state index in [-0.39, 0.29) is 58.7 Å². The fraction of sp³-hybridized carbons (Fsp3) is 0.783. The van der Waals surface area contributed by atoms with Crippen LogP contribution in [-0.4, -0.2) is 74.8 Å². The van der Waals surface area contributed by atoms with Crippen LogP contribution < -0.4 is 0 Å². The topological polar surface area (TPSA) is 114 Å². The second kappa shape index (κ2) is 67.0. The Morgan fingerprint density at radius 3 is 0.485 bits per heavy atom. The van der Waals surface area contributed by atoms with Gasteiger partial charge in [-0.25, -0.2) is 16.8 Å². The Hall–Kier alpha value is -1.21. The Balaban J connectivity index is 0.000000680. The molecule has 0 saturated carbocycles. The van der Waals surface area contributed by atoms with E-state index < -0.39 is 20.2 Å². The Morgan fingerprint density at radius 1 is 0.198 bits per heavy atom. The van der Waals surface area contributed by atoms with Crippen LogP contribution in [0.1, 0.15) is 461 Å². The van der Waals surface area contributed by atoms with E-state index in [9.17, 15) is 25.9 Å². The molecule has 0 aromatic heterocycles. The normalized spacial score (nSPS) is 11.9. The van der Waals surface area contributed by atoms with Gasteiger partial charge in [-0.2, -0.15) is 0 Å². The average molecular weight is 1560 g/mol. The molecule has 0 bridgehead atoms. The third-order valence-corrected chi connectivity index (χ3v) is 23.8. The van der Waals surface area contributed by atoms with Gasteiger partial charge in [0.05, 0.1) is 9.79 Å². The summed E-state index contributed by atoms with van der Waals surface area (Å²) in [7, 11) is -8.94. The van der Waals surface area contributed by atoms with Gasteiger partial charge >= 0.3 is 48.9 Å². The van der Waals surface area contributed by atoms with Crippen LogP contribution in [-0.2, 0) is 45.9 Å². The van der Waals surface area contributed by atoms with E-state index in [4.69, 9.17) is 0 Å². The summed E-state index contributed by atoms with van der Waals surface area (Å²) in [6, 6.07) is 19.0. The molecule has 0 aliphatic heterocycles. The number of aryl methyl sites for hydroxylation is 4. The van der Waals surface area contributed by atoms with Crippen LogP contribution in [0.2, 0.25) is 0 Å². The monoisotopic (exact) mass is 1560 g/mol. The number of rotatable bonds is 70. The van der Waals surface area contributed by atoms with Crippen molar-refractivity contribution in [3.63, 3.8) is 0 Å². The van der Waals surface area contributed by atoms with Gasteiger partial charge in [-0.15, -0.1) is 0 Å². The van der Waals surface area contributed by atoms with Crippen LogP contribution in [0.3, 0.4) is 0 Å². The molecular weight excluding hydrogens is 1400 g/mol. The summed E-state index contributed by atoms with van der Waals surface area (Å²) in [5.41, 5.74) is 4.95. The predicted octanol–water partition coefficient (Wildman–Crippen LogP) is 30.3. The van der Waals surface area contributed by atoms with Gasteiger partial charge in [-0.1, -0.05) is 449 Å². The molecule has 4 aromatic carbocycles. The van der Waals surface area contributed by atoms with Gasteiger partial charge in [-0.3, -0.25) is 0 Å².